The third-order valence-electron chi connectivity index (χ3n) is 4.88. The molecule has 0 saturated heterocycles. The predicted molar refractivity (Wildman–Crippen MR) is 125 cm³/mol. The van der Waals surface area contributed by atoms with E-state index < -0.39 is 5.25 Å². The van der Waals surface area contributed by atoms with Crippen molar-refractivity contribution in [2.75, 3.05) is 20.8 Å². The van der Waals surface area contributed by atoms with Gasteiger partial charge in [0.05, 0.1) is 10.3 Å². The van der Waals surface area contributed by atoms with E-state index in [9.17, 15) is 9.18 Å². The van der Waals surface area contributed by atoms with Gasteiger partial charge in [0.2, 0.25) is 5.91 Å². The summed E-state index contributed by atoms with van der Waals surface area (Å²) in [6, 6.07) is 13.7. The Morgan fingerprint density at radius 3 is 2.75 bits per heavy atom. The number of hydrogen-bond acceptors (Lipinski definition) is 5. The molecule has 1 atom stereocenters. The minimum Gasteiger partial charge on any atom is -0.385 e. The summed E-state index contributed by atoms with van der Waals surface area (Å²) in [6.07, 6.45) is 0.765. The molecule has 0 aliphatic heterocycles. The molecule has 0 aliphatic rings. The Balaban J connectivity index is 1.77. The molecule has 3 aromatic rings. The highest BCUT2D eigenvalue weighted by Crippen LogP contribution is 2.31. The van der Waals surface area contributed by atoms with Crippen LogP contribution in [-0.4, -0.2) is 51.6 Å². The topological polar surface area (TPSA) is 60.2 Å². The molecule has 6 nitrogen and oxygen atoms in total. The number of carbonyl (C=O) groups excluding carboxylic acids is 1. The number of benzene rings is 2. The van der Waals surface area contributed by atoms with E-state index in [-0.39, 0.29) is 11.7 Å². The van der Waals surface area contributed by atoms with Gasteiger partial charge in [0.15, 0.2) is 11.0 Å². The number of nitrogens with zero attached hydrogens (tertiary/aromatic N) is 4. The van der Waals surface area contributed by atoms with Crippen molar-refractivity contribution < 1.29 is 13.9 Å². The van der Waals surface area contributed by atoms with Crippen molar-refractivity contribution in [2.24, 2.45) is 0 Å². The van der Waals surface area contributed by atoms with Crippen LogP contribution in [0.1, 0.15) is 18.9 Å². The second-order valence-electron chi connectivity index (χ2n) is 7.37. The first-order valence-corrected chi connectivity index (χ1v) is 11.5. The van der Waals surface area contributed by atoms with Crippen molar-refractivity contribution in [3.8, 4) is 11.4 Å². The normalized spacial score (nSPS) is 12.0. The van der Waals surface area contributed by atoms with Gasteiger partial charge in [-0.15, -0.1) is 10.2 Å². The number of aromatic nitrogens is 3. The SMILES string of the molecule is COCCCn1c(SC(C)C(=O)N(C)Cc2cccc(F)c2)nnc1-c1ccccc1Cl. The standard InChI is InChI=1S/C23H26ClFN4O2S/c1-16(22(30)28(2)15-17-8-6-9-18(25)14-17)32-23-27-26-21(29(23)12-7-13-31-3)19-10-4-5-11-20(19)24/h4-6,8-11,14,16H,7,12-13,15H2,1-3H3. The Morgan fingerprint density at radius 2 is 2.03 bits per heavy atom. The van der Waals surface area contributed by atoms with E-state index in [1.165, 1.54) is 23.9 Å². The Hall–Kier alpha value is -2.42. The van der Waals surface area contributed by atoms with Crippen molar-refractivity contribution in [3.63, 3.8) is 0 Å². The Labute approximate surface area is 196 Å². The number of methoxy groups -OCH3 is 1. The van der Waals surface area contributed by atoms with Crippen LogP contribution in [0.2, 0.25) is 5.02 Å². The lowest BCUT2D eigenvalue weighted by atomic mass is 10.2. The third kappa shape index (κ3) is 6.09. The summed E-state index contributed by atoms with van der Waals surface area (Å²) in [6.45, 7) is 3.38. The average molecular weight is 477 g/mol. The maximum absolute atomic E-state index is 13.5. The Kier molecular flexibility index (Phi) is 8.67. The maximum atomic E-state index is 13.5. The lowest BCUT2D eigenvalue weighted by Crippen LogP contribution is -2.33. The number of rotatable bonds is 10. The van der Waals surface area contributed by atoms with Gasteiger partial charge in [-0.3, -0.25) is 4.79 Å². The fourth-order valence-electron chi connectivity index (χ4n) is 3.29. The minimum atomic E-state index is -0.405. The van der Waals surface area contributed by atoms with E-state index in [0.717, 1.165) is 17.5 Å². The van der Waals surface area contributed by atoms with Crippen molar-refractivity contribution in [1.82, 2.24) is 19.7 Å². The largest absolute Gasteiger partial charge is 0.385 e. The molecule has 0 fully saturated rings. The van der Waals surface area contributed by atoms with Gasteiger partial charge in [0.1, 0.15) is 5.82 Å². The molecule has 1 aromatic heterocycles. The highest BCUT2D eigenvalue weighted by molar-refractivity contribution is 8.00. The number of carbonyl (C=O) groups is 1. The predicted octanol–water partition coefficient (Wildman–Crippen LogP) is 4.91. The van der Waals surface area contributed by atoms with E-state index in [4.69, 9.17) is 16.3 Å². The highest BCUT2D eigenvalue weighted by Gasteiger charge is 2.24. The first kappa shape index (κ1) is 24.2. The van der Waals surface area contributed by atoms with Gasteiger partial charge in [-0.1, -0.05) is 47.6 Å². The molecule has 1 amide bonds. The zero-order chi connectivity index (χ0) is 23.1. The summed E-state index contributed by atoms with van der Waals surface area (Å²) in [5.74, 6) is 0.258. The van der Waals surface area contributed by atoms with Gasteiger partial charge >= 0.3 is 0 Å². The van der Waals surface area contributed by atoms with E-state index in [2.05, 4.69) is 10.2 Å². The molecule has 0 radical (unpaired) electrons. The van der Waals surface area contributed by atoms with Crippen molar-refractivity contribution in [2.45, 2.75) is 36.8 Å². The lowest BCUT2D eigenvalue weighted by molar-refractivity contribution is -0.129. The number of amides is 1. The summed E-state index contributed by atoms with van der Waals surface area (Å²) in [7, 11) is 3.37. The molecular formula is C23H26ClFN4O2S. The maximum Gasteiger partial charge on any atom is 0.235 e. The summed E-state index contributed by atoms with van der Waals surface area (Å²) >= 11 is 7.73. The van der Waals surface area contributed by atoms with Gasteiger partial charge in [-0.05, 0) is 43.2 Å². The number of halogens is 2. The molecule has 1 unspecified atom stereocenters. The van der Waals surface area contributed by atoms with Crippen LogP contribution in [0.4, 0.5) is 4.39 Å². The summed E-state index contributed by atoms with van der Waals surface area (Å²) < 4.78 is 20.6. The van der Waals surface area contributed by atoms with Crippen LogP contribution in [0.3, 0.4) is 0 Å². The molecule has 2 aromatic carbocycles. The summed E-state index contributed by atoms with van der Waals surface area (Å²) in [5.41, 5.74) is 1.52. The first-order chi connectivity index (χ1) is 15.4. The molecule has 0 bridgehead atoms. The van der Waals surface area contributed by atoms with E-state index >= 15 is 0 Å². The molecule has 170 valence electrons. The van der Waals surface area contributed by atoms with Gasteiger partial charge in [-0.2, -0.15) is 0 Å². The van der Waals surface area contributed by atoms with Crippen molar-refractivity contribution >= 4 is 29.3 Å². The van der Waals surface area contributed by atoms with Crippen LogP contribution in [0.15, 0.2) is 53.7 Å². The number of hydrogen-bond donors (Lipinski definition) is 0. The average Bonchev–Trinajstić information content (AvgIpc) is 3.15. The fraction of sp³-hybridized carbons (Fsp3) is 0.348. The molecular weight excluding hydrogens is 451 g/mol. The molecule has 0 N–H and O–H groups in total. The summed E-state index contributed by atoms with van der Waals surface area (Å²) in [5, 5.41) is 9.52. The smallest absolute Gasteiger partial charge is 0.235 e. The Morgan fingerprint density at radius 1 is 1.25 bits per heavy atom. The van der Waals surface area contributed by atoms with Gasteiger partial charge in [0, 0.05) is 39.4 Å². The molecule has 1 heterocycles. The van der Waals surface area contributed by atoms with Crippen LogP contribution < -0.4 is 0 Å². The molecule has 0 spiro atoms. The second kappa shape index (κ2) is 11.4. The van der Waals surface area contributed by atoms with Gasteiger partial charge in [-0.25, -0.2) is 4.39 Å². The highest BCUT2D eigenvalue weighted by atomic mass is 35.5. The van der Waals surface area contributed by atoms with Crippen molar-refractivity contribution in [1.29, 1.82) is 0 Å². The third-order valence-corrected chi connectivity index (χ3v) is 6.27. The van der Waals surface area contributed by atoms with E-state index in [1.807, 2.05) is 35.8 Å². The van der Waals surface area contributed by atoms with E-state index in [1.54, 1.807) is 31.2 Å². The van der Waals surface area contributed by atoms with Crippen LogP contribution in [0.25, 0.3) is 11.4 Å². The Bertz CT molecular complexity index is 1060. The quantitative estimate of drug-likeness (QED) is 0.307. The van der Waals surface area contributed by atoms with Crippen LogP contribution >= 0.6 is 23.4 Å². The minimum absolute atomic E-state index is 0.0787. The monoisotopic (exact) mass is 476 g/mol. The van der Waals surface area contributed by atoms with Crippen LogP contribution in [-0.2, 0) is 22.6 Å². The zero-order valence-corrected chi connectivity index (χ0v) is 19.9. The fourth-order valence-corrected chi connectivity index (χ4v) is 4.50. The number of ether oxygens (including phenoxy) is 1. The molecule has 0 aliphatic carbocycles. The zero-order valence-electron chi connectivity index (χ0n) is 18.3. The summed E-state index contributed by atoms with van der Waals surface area (Å²) in [4.78, 5) is 14.5. The van der Waals surface area contributed by atoms with E-state index in [0.29, 0.717) is 35.7 Å². The van der Waals surface area contributed by atoms with Crippen LogP contribution in [0, 0.1) is 5.82 Å². The molecule has 0 saturated carbocycles. The van der Waals surface area contributed by atoms with Crippen molar-refractivity contribution in [3.05, 3.63) is 64.9 Å². The first-order valence-electron chi connectivity index (χ1n) is 10.2. The molecule has 9 heteroatoms. The van der Waals surface area contributed by atoms with Crippen LogP contribution in [0.5, 0.6) is 0 Å². The van der Waals surface area contributed by atoms with Gasteiger partial charge in [0.25, 0.3) is 0 Å². The lowest BCUT2D eigenvalue weighted by Gasteiger charge is -2.21. The number of thioether (sulfide) groups is 1. The molecule has 32 heavy (non-hydrogen) atoms. The van der Waals surface area contributed by atoms with Gasteiger partial charge < -0.3 is 14.2 Å². The molecule has 3 rings (SSSR count). The second-order valence-corrected chi connectivity index (χ2v) is 9.08.